The van der Waals surface area contributed by atoms with E-state index >= 15 is 0 Å². The number of aromatic nitrogens is 1. The molecule has 0 spiro atoms. The van der Waals surface area contributed by atoms with Gasteiger partial charge in [0.25, 0.3) is 0 Å². The molecular formula is C27H27N5O3. The SMILES string of the molecule is CCn1c2ccccc2c2cc(NC(=O)C/C(C)=N/NC(=O)C(=O)NCc3ccccc3)ccc21. The summed E-state index contributed by atoms with van der Waals surface area (Å²) in [5, 5.41) is 11.5. The van der Waals surface area contributed by atoms with E-state index in [4.69, 9.17) is 0 Å². The normalized spacial score (nSPS) is 11.4. The molecule has 0 aliphatic heterocycles. The Bertz CT molecular complexity index is 1420. The van der Waals surface area contributed by atoms with Gasteiger partial charge in [-0.3, -0.25) is 14.4 Å². The maximum Gasteiger partial charge on any atom is 0.329 e. The van der Waals surface area contributed by atoms with Crippen molar-refractivity contribution < 1.29 is 14.4 Å². The first-order valence-corrected chi connectivity index (χ1v) is 11.4. The number of hydrogen-bond acceptors (Lipinski definition) is 4. The van der Waals surface area contributed by atoms with Gasteiger partial charge in [-0.2, -0.15) is 5.10 Å². The fraction of sp³-hybridized carbons (Fsp3) is 0.185. The molecule has 0 radical (unpaired) electrons. The van der Waals surface area contributed by atoms with Crippen molar-refractivity contribution in [2.45, 2.75) is 33.4 Å². The highest BCUT2D eigenvalue weighted by Crippen LogP contribution is 2.31. The van der Waals surface area contributed by atoms with Gasteiger partial charge < -0.3 is 15.2 Å². The van der Waals surface area contributed by atoms with Crippen LogP contribution in [0, 0.1) is 0 Å². The quantitative estimate of drug-likeness (QED) is 0.217. The van der Waals surface area contributed by atoms with Gasteiger partial charge in [0.05, 0.1) is 6.42 Å². The van der Waals surface area contributed by atoms with Crippen molar-refractivity contribution in [2.24, 2.45) is 5.10 Å². The van der Waals surface area contributed by atoms with E-state index in [-0.39, 0.29) is 18.9 Å². The number of carbonyl (C=O) groups excluding carboxylic acids is 3. The predicted molar refractivity (Wildman–Crippen MR) is 138 cm³/mol. The Hall–Kier alpha value is -4.46. The van der Waals surface area contributed by atoms with Crippen LogP contribution >= 0.6 is 0 Å². The van der Waals surface area contributed by atoms with Crippen molar-refractivity contribution in [1.29, 1.82) is 0 Å². The van der Waals surface area contributed by atoms with E-state index in [0.717, 1.165) is 33.9 Å². The number of nitrogens with one attached hydrogen (secondary N) is 3. The van der Waals surface area contributed by atoms with Crippen molar-refractivity contribution in [1.82, 2.24) is 15.3 Å². The molecule has 4 aromatic rings. The van der Waals surface area contributed by atoms with E-state index in [1.54, 1.807) is 6.92 Å². The summed E-state index contributed by atoms with van der Waals surface area (Å²) in [4.78, 5) is 36.4. The third kappa shape index (κ3) is 5.55. The second kappa shape index (κ2) is 10.6. The molecule has 0 fully saturated rings. The molecule has 0 aliphatic carbocycles. The average Bonchev–Trinajstić information content (AvgIpc) is 3.19. The van der Waals surface area contributed by atoms with Crippen molar-refractivity contribution in [3.8, 4) is 0 Å². The maximum absolute atomic E-state index is 12.5. The number of para-hydroxylation sites is 1. The molecule has 3 N–H and O–H groups in total. The Morgan fingerprint density at radius 2 is 1.57 bits per heavy atom. The zero-order valence-corrected chi connectivity index (χ0v) is 19.7. The smallest absolute Gasteiger partial charge is 0.329 e. The van der Waals surface area contributed by atoms with E-state index in [2.05, 4.69) is 44.8 Å². The molecule has 8 nitrogen and oxygen atoms in total. The second-order valence-corrected chi connectivity index (χ2v) is 8.17. The molecule has 0 aliphatic rings. The Kier molecular flexibility index (Phi) is 7.21. The van der Waals surface area contributed by atoms with E-state index in [0.29, 0.717) is 11.4 Å². The van der Waals surface area contributed by atoms with Crippen LogP contribution in [-0.4, -0.2) is 28.0 Å². The number of fused-ring (bicyclic) bond motifs is 3. The first kappa shape index (κ1) is 23.7. The molecule has 3 amide bonds. The average molecular weight is 470 g/mol. The first-order valence-electron chi connectivity index (χ1n) is 11.4. The summed E-state index contributed by atoms with van der Waals surface area (Å²) in [6.07, 6.45) is -0.0271. The van der Waals surface area contributed by atoms with Crippen molar-refractivity contribution >= 4 is 50.9 Å². The number of benzene rings is 3. The summed E-state index contributed by atoms with van der Waals surface area (Å²) in [5.74, 6) is -1.96. The largest absolute Gasteiger partial charge is 0.344 e. The Morgan fingerprint density at radius 1 is 0.857 bits per heavy atom. The molecule has 0 atom stereocenters. The molecule has 178 valence electrons. The predicted octanol–water partition coefficient (Wildman–Crippen LogP) is 3.95. The zero-order valence-electron chi connectivity index (χ0n) is 19.7. The Balaban J connectivity index is 1.34. The standard InChI is InChI=1S/C27H27N5O3/c1-3-32-23-12-8-7-11-21(23)22-16-20(13-14-24(22)32)29-25(33)15-18(2)30-31-27(35)26(34)28-17-19-9-5-4-6-10-19/h4-14,16H,3,15,17H2,1-2H3,(H,28,34)(H,29,33)(H,31,35)/b30-18+. The third-order valence-corrected chi connectivity index (χ3v) is 5.64. The van der Waals surface area contributed by atoms with Crippen LogP contribution in [0.15, 0.2) is 77.9 Å². The molecular weight excluding hydrogens is 442 g/mol. The number of anilines is 1. The fourth-order valence-electron chi connectivity index (χ4n) is 4.00. The van der Waals surface area contributed by atoms with Gasteiger partial charge in [0.1, 0.15) is 0 Å². The molecule has 0 unspecified atom stereocenters. The van der Waals surface area contributed by atoms with Crippen molar-refractivity contribution in [2.75, 3.05) is 5.32 Å². The Morgan fingerprint density at radius 3 is 2.34 bits per heavy atom. The van der Waals surface area contributed by atoms with Crippen LogP contribution < -0.4 is 16.1 Å². The second-order valence-electron chi connectivity index (χ2n) is 8.17. The van der Waals surface area contributed by atoms with E-state index in [1.807, 2.05) is 60.7 Å². The lowest BCUT2D eigenvalue weighted by atomic mass is 10.1. The molecule has 4 rings (SSSR count). The number of hydrogen-bond donors (Lipinski definition) is 3. The molecule has 3 aromatic carbocycles. The number of aryl methyl sites for hydroxylation is 1. The monoisotopic (exact) mass is 469 g/mol. The molecule has 0 saturated carbocycles. The first-order chi connectivity index (χ1) is 17.0. The number of hydrazone groups is 1. The van der Waals surface area contributed by atoms with Crippen LogP contribution in [0.25, 0.3) is 21.8 Å². The van der Waals surface area contributed by atoms with Crippen LogP contribution in [0.3, 0.4) is 0 Å². The van der Waals surface area contributed by atoms with Gasteiger partial charge >= 0.3 is 11.8 Å². The van der Waals surface area contributed by atoms with Crippen LogP contribution in [0.1, 0.15) is 25.8 Å². The number of amides is 3. The number of nitrogens with zero attached hydrogens (tertiary/aromatic N) is 2. The van der Waals surface area contributed by atoms with Gasteiger partial charge in [0.15, 0.2) is 0 Å². The van der Waals surface area contributed by atoms with Crippen LogP contribution in [-0.2, 0) is 27.5 Å². The molecule has 1 heterocycles. The van der Waals surface area contributed by atoms with Crippen LogP contribution in [0.4, 0.5) is 5.69 Å². The van der Waals surface area contributed by atoms with Crippen molar-refractivity contribution in [3.63, 3.8) is 0 Å². The van der Waals surface area contributed by atoms with Gasteiger partial charge in [0.2, 0.25) is 5.91 Å². The van der Waals surface area contributed by atoms with Gasteiger partial charge in [-0.15, -0.1) is 0 Å². The molecule has 0 bridgehead atoms. The molecule has 1 aromatic heterocycles. The molecule has 0 saturated heterocycles. The minimum Gasteiger partial charge on any atom is -0.344 e. The minimum atomic E-state index is -0.890. The van der Waals surface area contributed by atoms with E-state index in [1.165, 1.54) is 0 Å². The number of rotatable bonds is 7. The summed E-state index contributed by atoms with van der Waals surface area (Å²) >= 11 is 0. The zero-order chi connectivity index (χ0) is 24.8. The lowest BCUT2D eigenvalue weighted by Crippen LogP contribution is -2.37. The van der Waals surface area contributed by atoms with Crippen LogP contribution in [0.2, 0.25) is 0 Å². The summed E-state index contributed by atoms with van der Waals surface area (Å²) in [6.45, 7) is 4.80. The van der Waals surface area contributed by atoms with E-state index in [9.17, 15) is 14.4 Å². The summed E-state index contributed by atoms with van der Waals surface area (Å²) in [7, 11) is 0. The number of carbonyl (C=O) groups is 3. The summed E-state index contributed by atoms with van der Waals surface area (Å²) in [6, 6.07) is 23.3. The summed E-state index contributed by atoms with van der Waals surface area (Å²) in [5.41, 5.74) is 6.38. The lowest BCUT2D eigenvalue weighted by Gasteiger charge is -2.07. The van der Waals surface area contributed by atoms with Crippen molar-refractivity contribution in [3.05, 3.63) is 78.4 Å². The topological polar surface area (TPSA) is 105 Å². The maximum atomic E-state index is 12.5. The molecule has 35 heavy (non-hydrogen) atoms. The highest BCUT2D eigenvalue weighted by Gasteiger charge is 2.14. The van der Waals surface area contributed by atoms with Gasteiger partial charge in [-0.25, -0.2) is 5.43 Å². The third-order valence-electron chi connectivity index (χ3n) is 5.64. The van der Waals surface area contributed by atoms with Gasteiger partial charge in [-0.05, 0) is 43.7 Å². The Labute approximate surface area is 203 Å². The van der Waals surface area contributed by atoms with Crippen LogP contribution in [0.5, 0.6) is 0 Å². The van der Waals surface area contributed by atoms with Gasteiger partial charge in [-0.1, -0.05) is 48.5 Å². The highest BCUT2D eigenvalue weighted by atomic mass is 16.2. The van der Waals surface area contributed by atoms with E-state index < -0.39 is 11.8 Å². The lowest BCUT2D eigenvalue weighted by molar-refractivity contribution is -0.139. The minimum absolute atomic E-state index is 0.0271. The highest BCUT2D eigenvalue weighted by molar-refractivity contribution is 6.35. The fourth-order valence-corrected chi connectivity index (χ4v) is 4.00. The molecule has 8 heteroatoms. The van der Waals surface area contributed by atoms with Gasteiger partial charge in [0, 0.05) is 46.3 Å². The summed E-state index contributed by atoms with van der Waals surface area (Å²) < 4.78 is 2.24.